The van der Waals surface area contributed by atoms with E-state index in [9.17, 15) is 13.2 Å². The number of rotatable bonds is 8. The van der Waals surface area contributed by atoms with Crippen molar-refractivity contribution in [3.05, 3.63) is 53.6 Å². The fraction of sp³-hybridized carbons (Fsp3) is 0.350. The van der Waals surface area contributed by atoms with Crippen LogP contribution in [0.1, 0.15) is 22.8 Å². The van der Waals surface area contributed by atoms with E-state index in [1.54, 1.807) is 42.5 Å². The van der Waals surface area contributed by atoms with Gasteiger partial charge in [-0.1, -0.05) is 12.1 Å². The van der Waals surface area contributed by atoms with Gasteiger partial charge in [0.2, 0.25) is 10.0 Å². The second kappa shape index (κ2) is 9.18. The van der Waals surface area contributed by atoms with Gasteiger partial charge in [0.15, 0.2) is 11.5 Å². The molecule has 1 aliphatic heterocycles. The third-order valence-electron chi connectivity index (χ3n) is 4.30. The molecule has 7 nitrogen and oxygen atoms in total. The van der Waals surface area contributed by atoms with Crippen molar-refractivity contribution in [1.82, 2.24) is 4.31 Å². The zero-order valence-corrected chi connectivity index (χ0v) is 16.5. The Morgan fingerprint density at radius 2 is 1.86 bits per heavy atom. The van der Waals surface area contributed by atoms with Gasteiger partial charge in [0.1, 0.15) is 12.9 Å². The van der Waals surface area contributed by atoms with Gasteiger partial charge in [0.25, 0.3) is 0 Å². The molecule has 0 bridgehead atoms. The van der Waals surface area contributed by atoms with Crippen LogP contribution in [0.3, 0.4) is 0 Å². The molecule has 0 spiro atoms. The first-order valence-corrected chi connectivity index (χ1v) is 10.5. The lowest BCUT2D eigenvalue weighted by molar-refractivity contribution is 0.0730. The second-order valence-electron chi connectivity index (χ2n) is 6.21. The van der Waals surface area contributed by atoms with Crippen LogP contribution in [-0.2, 0) is 21.4 Å². The number of carbonyl (C=O) groups excluding carboxylic acids is 1. The van der Waals surface area contributed by atoms with Crippen molar-refractivity contribution >= 4 is 16.3 Å². The predicted molar refractivity (Wildman–Crippen MR) is 103 cm³/mol. The molecule has 0 unspecified atom stereocenters. The van der Waals surface area contributed by atoms with E-state index in [1.165, 1.54) is 4.31 Å². The number of morpholine rings is 1. The second-order valence-corrected chi connectivity index (χ2v) is 8.15. The molecular formula is C20H23NO6S. The molecule has 1 aliphatic rings. The number of benzene rings is 2. The lowest BCUT2D eigenvalue weighted by atomic mass is 10.2. The van der Waals surface area contributed by atoms with Crippen LogP contribution in [0.5, 0.6) is 11.5 Å². The molecule has 0 atom stereocenters. The minimum absolute atomic E-state index is 0.174. The molecule has 2 aromatic carbocycles. The zero-order chi connectivity index (χ0) is 20.0. The largest absolute Gasteiger partial charge is 0.490 e. The smallest absolute Gasteiger partial charge is 0.243 e. The molecule has 150 valence electrons. The van der Waals surface area contributed by atoms with Crippen molar-refractivity contribution in [2.24, 2.45) is 0 Å². The maximum absolute atomic E-state index is 12.8. The third-order valence-corrected chi connectivity index (χ3v) is 6.20. The average Bonchev–Trinajstić information content (AvgIpc) is 2.74. The lowest BCUT2D eigenvalue weighted by Gasteiger charge is -2.26. The molecule has 0 aliphatic carbocycles. The summed E-state index contributed by atoms with van der Waals surface area (Å²) in [6, 6.07) is 11.6. The van der Waals surface area contributed by atoms with Crippen LogP contribution in [0.4, 0.5) is 0 Å². The highest BCUT2D eigenvalue weighted by Crippen LogP contribution is 2.29. The fourth-order valence-corrected chi connectivity index (χ4v) is 4.36. The first-order valence-electron chi connectivity index (χ1n) is 9.06. The molecule has 28 heavy (non-hydrogen) atoms. The summed E-state index contributed by atoms with van der Waals surface area (Å²) < 4.78 is 43.6. The fourth-order valence-electron chi connectivity index (χ4n) is 2.88. The van der Waals surface area contributed by atoms with Crippen LogP contribution in [0, 0.1) is 0 Å². The first kappa shape index (κ1) is 20.3. The van der Waals surface area contributed by atoms with Crippen LogP contribution in [0.15, 0.2) is 47.4 Å². The first-order chi connectivity index (χ1) is 13.5. The van der Waals surface area contributed by atoms with Gasteiger partial charge in [-0.05, 0) is 42.8 Å². The molecule has 0 N–H and O–H groups in total. The third kappa shape index (κ3) is 4.70. The number of hydrogen-bond donors (Lipinski definition) is 0. The highest BCUT2D eigenvalue weighted by molar-refractivity contribution is 7.89. The minimum atomic E-state index is -3.56. The molecular weight excluding hydrogens is 382 g/mol. The van der Waals surface area contributed by atoms with E-state index < -0.39 is 10.0 Å². The summed E-state index contributed by atoms with van der Waals surface area (Å²) >= 11 is 0. The molecule has 0 saturated carbocycles. The highest BCUT2D eigenvalue weighted by atomic mass is 32.2. The standard InChI is InChI=1S/C20H23NO6S/c1-2-26-20-13-16(14-22)6-7-19(20)27-15-17-4-3-5-18(12-17)28(23,24)21-8-10-25-11-9-21/h3-7,12-14H,2,8-11,15H2,1H3. The monoisotopic (exact) mass is 405 g/mol. The van der Waals surface area contributed by atoms with E-state index in [4.69, 9.17) is 14.2 Å². The summed E-state index contributed by atoms with van der Waals surface area (Å²) in [6.45, 7) is 3.96. The van der Waals surface area contributed by atoms with Gasteiger partial charge >= 0.3 is 0 Å². The topological polar surface area (TPSA) is 82.1 Å². The van der Waals surface area contributed by atoms with E-state index in [1.807, 2.05) is 6.92 Å². The number of ether oxygens (including phenoxy) is 3. The van der Waals surface area contributed by atoms with Gasteiger partial charge in [-0.2, -0.15) is 4.31 Å². The Balaban J connectivity index is 1.76. The number of hydrogen-bond acceptors (Lipinski definition) is 6. The molecule has 2 aromatic rings. The Hall–Kier alpha value is -2.42. The molecule has 3 rings (SSSR count). The summed E-state index contributed by atoms with van der Waals surface area (Å²) in [4.78, 5) is 11.2. The molecule has 8 heteroatoms. The highest BCUT2D eigenvalue weighted by Gasteiger charge is 2.26. The molecule has 1 saturated heterocycles. The molecule has 0 radical (unpaired) electrons. The lowest BCUT2D eigenvalue weighted by Crippen LogP contribution is -2.40. The van der Waals surface area contributed by atoms with Crippen molar-refractivity contribution in [1.29, 1.82) is 0 Å². The van der Waals surface area contributed by atoms with Crippen LogP contribution in [-0.4, -0.2) is 51.9 Å². The molecule has 0 aromatic heterocycles. The Kier molecular flexibility index (Phi) is 6.66. The normalized spacial score (nSPS) is 15.2. The number of carbonyl (C=O) groups is 1. The average molecular weight is 405 g/mol. The molecule has 1 heterocycles. The van der Waals surface area contributed by atoms with Crippen molar-refractivity contribution < 1.29 is 27.4 Å². The van der Waals surface area contributed by atoms with Crippen molar-refractivity contribution in [3.63, 3.8) is 0 Å². The summed E-state index contributed by atoms with van der Waals surface area (Å²) in [5.74, 6) is 0.970. The summed E-state index contributed by atoms with van der Waals surface area (Å²) in [5.41, 5.74) is 1.21. The number of sulfonamides is 1. The quantitative estimate of drug-likeness (QED) is 0.628. The van der Waals surface area contributed by atoms with Gasteiger partial charge in [-0.25, -0.2) is 8.42 Å². The summed E-state index contributed by atoms with van der Waals surface area (Å²) in [5, 5.41) is 0. The predicted octanol–water partition coefficient (Wildman–Crippen LogP) is 2.50. The van der Waals surface area contributed by atoms with Crippen molar-refractivity contribution in [3.8, 4) is 11.5 Å². The van der Waals surface area contributed by atoms with Crippen molar-refractivity contribution in [2.45, 2.75) is 18.4 Å². The Labute approximate surface area is 164 Å². The van der Waals surface area contributed by atoms with Gasteiger partial charge in [-0.3, -0.25) is 4.79 Å². The van der Waals surface area contributed by atoms with E-state index in [0.717, 1.165) is 11.8 Å². The summed E-state index contributed by atoms with van der Waals surface area (Å²) in [7, 11) is -3.56. The van der Waals surface area contributed by atoms with Crippen LogP contribution >= 0.6 is 0 Å². The number of nitrogens with zero attached hydrogens (tertiary/aromatic N) is 1. The van der Waals surface area contributed by atoms with E-state index >= 15 is 0 Å². The van der Waals surface area contributed by atoms with Gasteiger partial charge in [-0.15, -0.1) is 0 Å². The van der Waals surface area contributed by atoms with Crippen molar-refractivity contribution in [2.75, 3.05) is 32.9 Å². The zero-order valence-electron chi connectivity index (χ0n) is 15.7. The van der Waals surface area contributed by atoms with Gasteiger partial charge < -0.3 is 14.2 Å². The van der Waals surface area contributed by atoms with Crippen LogP contribution < -0.4 is 9.47 Å². The maximum Gasteiger partial charge on any atom is 0.243 e. The number of aldehydes is 1. The van der Waals surface area contributed by atoms with E-state index in [0.29, 0.717) is 50.0 Å². The van der Waals surface area contributed by atoms with E-state index in [2.05, 4.69) is 0 Å². The van der Waals surface area contributed by atoms with Crippen LogP contribution in [0.2, 0.25) is 0 Å². The van der Waals surface area contributed by atoms with Crippen LogP contribution in [0.25, 0.3) is 0 Å². The Morgan fingerprint density at radius 1 is 1.07 bits per heavy atom. The SMILES string of the molecule is CCOc1cc(C=O)ccc1OCc1cccc(S(=O)(=O)N2CCOCC2)c1. The molecule has 1 fully saturated rings. The Bertz CT molecular complexity index is 922. The van der Waals surface area contributed by atoms with E-state index in [-0.39, 0.29) is 11.5 Å². The Morgan fingerprint density at radius 3 is 2.57 bits per heavy atom. The molecule has 0 amide bonds. The maximum atomic E-state index is 12.8. The van der Waals surface area contributed by atoms with Gasteiger partial charge in [0.05, 0.1) is 24.7 Å². The van der Waals surface area contributed by atoms with Gasteiger partial charge in [0, 0.05) is 18.7 Å². The summed E-state index contributed by atoms with van der Waals surface area (Å²) in [6.07, 6.45) is 0.742. The minimum Gasteiger partial charge on any atom is -0.490 e.